The first kappa shape index (κ1) is 18.2. The minimum absolute atomic E-state index is 0.201. The van der Waals surface area contributed by atoms with Crippen molar-refractivity contribution < 1.29 is 27.5 Å². The van der Waals surface area contributed by atoms with Gasteiger partial charge in [0.1, 0.15) is 17.2 Å². The van der Waals surface area contributed by atoms with Gasteiger partial charge in [-0.25, -0.2) is 18.6 Å². The molecule has 0 aliphatic rings. The average Bonchev–Trinajstić information content (AvgIpc) is 3.06. The molecule has 0 bridgehead atoms. The van der Waals surface area contributed by atoms with E-state index in [1.54, 1.807) is 24.3 Å². The molecule has 1 atom stereocenters. The second-order valence-corrected chi connectivity index (χ2v) is 5.55. The van der Waals surface area contributed by atoms with Crippen molar-refractivity contribution >= 4 is 34.7 Å². The van der Waals surface area contributed by atoms with Crippen molar-refractivity contribution in [2.45, 2.75) is 13.0 Å². The zero-order valence-corrected chi connectivity index (χ0v) is 14.1. The Kier molecular flexibility index (Phi) is 5.25. The summed E-state index contributed by atoms with van der Waals surface area (Å²) >= 11 is 0. The molecule has 3 aromatic rings. The molecular weight excluding hydrogens is 358 g/mol. The van der Waals surface area contributed by atoms with Crippen LogP contribution in [0.5, 0.6) is 0 Å². The quantitative estimate of drug-likeness (QED) is 0.546. The molecule has 1 amide bonds. The highest BCUT2D eigenvalue weighted by atomic mass is 19.1. The second-order valence-electron chi connectivity index (χ2n) is 5.55. The standard InChI is InChI=1S/C19H14F2N2O4/c1-11(19(25)23-15-10-12(20)6-7-13(15)21)26-18(24)9-8-17-22-14-4-2-3-5-16(14)27-17/h2-11H,1H3,(H,23,25)/b9-8+/t11-/m0/s1. The highest BCUT2D eigenvalue weighted by Crippen LogP contribution is 2.17. The van der Waals surface area contributed by atoms with E-state index in [1.165, 1.54) is 13.0 Å². The maximum atomic E-state index is 13.5. The van der Waals surface area contributed by atoms with Gasteiger partial charge >= 0.3 is 5.97 Å². The maximum absolute atomic E-state index is 13.5. The Hall–Kier alpha value is -3.55. The molecule has 2 aromatic carbocycles. The van der Waals surface area contributed by atoms with Crippen LogP contribution in [0.3, 0.4) is 0 Å². The lowest BCUT2D eigenvalue weighted by Crippen LogP contribution is -2.29. The predicted molar refractivity (Wildman–Crippen MR) is 93.6 cm³/mol. The number of para-hydroxylation sites is 2. The number of halogens is 2. The van der Waals surface area contributed by atoms with Gasteiger partial charge in [0, 0.05) is 18.2 Å². The second kappa shape index (κ2) is 7.77. The average molecular weight is 372 g/mol. The van der Waals surface area contributed by atoms with Gasteiger partial charge < -0.3 is 14.5 Å². The van der Waals surface area contributed by atoms with Crippen molar-refractivity contribution in [3.05, 3.63) is 66.1 Å². The molecule has 0 saturated carbocycles. The van der Waals surface area contributed by atoms with Crippen LogP contribution in [0.4, 0.5) is 14.5 Å². The van der Waals surface area contributed by atoms with E-state index in [0.717, 1.165) is 24.3 Å². The number of hydrogen-bond acceptors (Lipinski definition) is 5. The Morgan fingerprint density at radius 3 is 2.78 bits per heavy atom. The van der Waals surface area contributed by atoms with E-state index in [2.05, 4.69) is 10.3 Å². The topological polar surface area (TPSA) is 81.4 Å². The number of anilines is 1. The Labute approximate surface area is 152 Å². The Morgan fingerprint density at radius 1 is 1.22 bits per heavy atom. The van der Waals surface area contributed by atoms with Crippen LogP contribution in [0.1, 0.15) is 12.8 Å². The van der Waals surface area contributed by atoms with Crippen molar-refractivity contribution in [1.82, 2.24) is 4.98 Å². The summed E-state index contributed by atoms with van der Waals surface area (Å²) in [6, 6.07) is 9.71. The van der Waals surface area contributed by atoms with E-state index in [-0.39, 0.29) is 11.6 Å². The molecule has 138 valence electrons. The third-order valence-corrected chi connectivity index (χ3v) is 3.52. The fourth-order valence-corrected chi connectivity index (χ4v) is 2.20. The van der Waals surface area contributed by atoms with Crippen LogP contribution < -0.4 is 5.32 Å². The molecule has 27 heavy (non-hydrogen) atoms. The first-order valence-electron chi connectivity index (χ1n) is 7.92. The summed E-state index contributed by atoms with van der Waals surface area (Å²) in [4.78, 5) is 28.0. The van der Waals surface area contributed by atoms with Gasteiger partial charge in [0.15, 0.2) is 11.7 Å². The number of hydrogen-bond donors (Lipinski definition) is 1. The lowest BCUT2D eigenvalue weighted by Gasteiger charge is -2.12. The lowest BCUT2D eigenvalue weighted by atomic mass is 10.2. The first-order valence-corrected chi connectivity index (χ1v) is 7.92. The normalized spacial score (nSPS) is 12.3. The van der Waals surface area contributed by atoms with E-state index < -0.39 is 29.6 Å². The largest absolute Gasteiger partial charge is 0.449 e. The number of carbonyl (C=O) groups is 2. The van der Waals surface area contributed by atoms with E-state index in [0.29, 0.717) is 11.1 Å². The van der Waals surface area contributed by atoms with Gasteiger partial charge in [-0.15, -0.1) is 0 Å². The van der Waals surface area contributed by atoms with Crippen LogP contribution >= 0.6 is 0 Å². The molecule has 0 radical (unpaired) electrons. The van der Waals surface area contributed by atoms with Gasteiger partial charge in [0.2, 0.25) is 5.89 Å². The summed E-state index contributed by atoms with van der Waals surface area (Å²) in [6.07, 6.45) is 1.13. The van der Waals surface area contributed by atoms with Crippen molar-refractivity contribution in [2.24, 2.45) is 0 Å². The molecule has 0 unspecified atom stereocenters. The smallest absolute Gasteiger partial charge is 0.331 e. The van der Waals surface area contributed by atoms with Gasteiger partial charge in [-0.3, -0.25) is 4.79 Å². The van der Waals surface area contributed by atoms with Gasteiger partial charge in [0.25, 0.3) is 5.91 Å². The summed E-state index contributed by atoms with van der Waals surface area (Å²) in [6.45, 7) is 1.30. The highest BCUT2D eigenvalue weighted by molar-refractivity contribution is 5.96. The highest BCUT2D eigenvalue weighted by Gasteiger charge is 2.18. The maximum Gasteiger partial charge on any atom is 0.331 e. The van der Waals surface area contributed by atoms with E-state index in [1.807, 2.05) is 0 Å². The molecule has 6 nitrogen and oxygen atoms in total. The van der Waals surface area contributed by atoms with Crippen LogP contribution in [0, 0.1) is 11.6 Å². The number of esters is 1. The van der Waals surface area contributed by atoms with Crippen molar-refractivity contribution in [3.8, 4) is 0 Å². The van der Waals surface area contributed by atoms with Crippen molar-refractivity contribution in [3.63, 3.8) is 0 Å². The number of fused-ring (bicyclic) bond motifs is 1. The Morgan fingerprint density at radius 2 is 2.00 bits per heavy atom. The minimum atomic E-state index is -1.23. The Balaban J connectivity index is 1.59. The summed E-state index contributed by atoms with van der Waals surface area (Å²) in [5.41, 5.74) is 0.857. The molecule has 0 saturated heterocycles. The number of oxazole rings is 1. The lowest BCUT2D eigenvalue weighted by molar-refractivity contribution is -0.148. The number of amides is 1. The zero-order chi connectivity index (χ0) is 19.4. The van der Waals surface area contributed by atoms with Gasteiger partial charge in [-0.1, -0.05) is 12.1 Å². The zero-order valence-electron chi connectivity index (χ0n) is 14.1. The number of carbonyl (C=O) groups excluding carboxylic acids is 2. The van der Waals surface area contributed by atoms with Crippen LogP contribution in [0.25, 0.3) is 17.2 Å². The molecule has 0 aliphatic heterocycles. The Bertz CT molecular complexity index is 996. The molecule has 1 N–H and O–H groups in total. The summed E-state index contributed by atoms with van der Waals surface area (Å²) < 4.78 is 37.0. The fraction of sp³-hybridized carbons (Fsp3) is 0.105. The number of nitrogens with one attached hydrogen (secondary N) is 1. The predicted octanol–water partition coefficient (Wildman–Crippen LogP) is 3.69. The molecule has 0 spiro atoms. The van der Waals surface area contributed by atoms with E-state index in [4.69, 9.17) is 9.15 Å². The number of benzene rings is 2. The molecule has 8 heteroatoms. The van der Waals surface area contributed by atoms with Crippen molar-refractivity contribution in [1.29, 1.82) is 0 Å². The van der Waals surface area contributed by atoms with Gasteiger partial charge in [0.05, 0.1) is 5.69 Å². The van der Waals surface area contributed by atoms with Crippen LogP contribution in [0.2, 0.25) is 0 Å². The molecule has 0 fully saturated rings. The molecule has 1 heterocycles. The summed E-state index contributed by atoms with van der Waals surface area (Å²) in [7, 11) is 0. The van der Waals surface area contributed by atoms with Crippen LogP contribution in [0.15, 0.2) is 53.0 Å². The summed E-state index contributed by atoms with van der Waals surface area (Å²) in [5, 5.41) is 2.16. The minimum Gasteiger partial charge on any atom is -0.449 e. The van der Waals surface area contributed by atoms with Crippen LogP contribution in [-0.4, -0.2) is 23.0 Å². The monoisotopic (exact) mass is 372 g/mol. The van der Waals surface area contributed by atoms with Gasteiger partial charge in [-0.2, -0.15) is 0 Å². The SMILES string of the molecule is C[C@H](OC(=O)/C=C/c1nc2ccccc2o1)C(=O)Nc1cc(F)ccc1F. The molecule has 0 aliphatic carbocycles. The molecular formula is C19H14F2N2O4. The molecule has 3 rings (SSSR count). The van der Waals surface area contributed by atoms with Crippen molar-refractivity contribution in [2.75, 3.05) is 5.32 Å². The van der Waals surface area contributed by atoms with E-state index in [9.17, 15) is 18.4 Å². The molecule has 1 aromatic heterocycles. The van der Waals surface area contributed by atoms with Crippen LogP contribution in [-0.2, 0) is 14.3 Å². The summed E-state index contributed by atoms with van der Waals surface area (Å²) in [5.74, 6) is -2.94. The number of ether oxygens (including phenoxy) is 1. The van der Waals surface area contributed by atoms with E-state index >= 15 is 0 Å². The fourth-order valence-electron chi connectivity index (χ4n) is 2.20. The van der Waals surface area contributed by atoms with Gasteiger partial charge in [-0.05, 0) is 31.2 Å². The third kappa shape index (κ3) is 4.55. The number of rotatable bonds is 5. The number of aromatic nitrogens is 1. The first-order chi connectivity index (χ1) is 12.9. The third-order valence-electron chi connectivity index (χ3n) is 3.52. The number of nitrogens with zero attached hydrogens (tertiary/aromatic N) is 1.